The molecule has 0 aromatic heterocycles. The largest absolute Gasteiger partial charge is 0.294 e. The molecule has 1 aliphatic carbocycles. The maximum Gasteiger partial charge on any atom is 0.161 e. The molecule has 15 heavy (non-hydrogen) atoms. The summed E-state index contributed by atoms with van der Waals surface area (Å²) in [6.45, 7) is 4.23. The minimum Gasteiger partial charge on any atom is -0.294 e. The number of ketones is 1. The molecule has 1 nitrogen and oxygen atoms in total. The van der Waals surface area contributed by atoms with Gasteiger partial charge in [-0.15, -0.1) is 0 Å². The lowest BCUT2D eigenvalue weighted by atomic mass is 9.76. The number of Topliss-reactive ketones (excluding diaryl/α,β-unsaturated/α-hetero) is 1. The van der Waals surface area contributed by atoms with Crippen molar-refractivity contribution < 1.29 is 4.79 Å². The Hall–Kier alpha value is 0.0500. The van der Waals surface area contributed by atoms with Crippen molar-refractivity contribution in [2.45, 2.75) is 44.8 Å². The average Bonchev–Trinajstić information content (AvgIpc) is 2.52. The van der Waals surface area contributed by atoms with Crippen LogP contribution in [0.3, 0.4) is 0 Å². The van der Waals surface area contributed by atoms with E-state index in [4.69, 9.17) is 11.6 Å². The molecule has 3 heteroatoms. The zero-order valence-corrected chi connectivity index (χ0v) is 10.9. The number of rotatable bonds is 1. The van der Waals surface area contributed by atoms with E-state index >= 15 is 0 Å². The van der Waals surface area contributed by atoms with Crippen LogP contribution in [0.4, 0.5) is 0 Å². The SMILES string of the molecule is CC1(C)CC(=O)C(C2CCCS2)=C(Cl)C1. The summed E-state index contributed by atoms with van der Waals surface area (Å²) in [6, 6.07) is 0. The van der Waals surface area contributed by atoms with E-state index in [2.05, 4.69) is 13.8 Å². The highest BCUT2D eigenvalue weighted by Crippen LogP contribution is 2.44. The highest BCUT2D eigenvalue weighted by molar-refractivity contribution is 8.00. The summed E-state index contributed by atoms with van der Waals surface area (Å²) >= 11 is 8.18. The lowest BCUT2D eigenvalue weighted by Gasteiger charge is -2.31. The topological polar surface area (TPSA) is 17.1 Å². The standard InChI is InChI=1S/C12H17ClOS/c1-12(2)6-8(13)11(9(14)7-12)10-4-3-5-15-10/h10H,3-7H2,1-2H3. The fraction of sp³-hybridized carbons (Fsp3) is 0.750. The normalized spacial score (nSPS) is 31.1. The van der Waals surface area contributed by atoms with Crippen molar-refractivity contribution in [3.05, 3.63) is 10.6 Å². The van der Waals surface area contributed by atoms with Gasteiger partial charge in [0.1, 0.15) is 0 Å². The molecule has 0 radical (unpaired) electrons. The van der Waals surface area contributed by atoms with Crippen LogP contribution in [-0.4, -0.2) is 16.8 Å². The minimum atomic E-state index is 0.0565. The highest BCUT2D eigenvalue weighted by atomic mass is 35.5. The van der Waals surface area contributed by atoms with Gasteiger partial charge in [0.15, 0.2) is 5.78 Å². The lowest BCUT2D eigenvalue weighted by molar-refractivity contribution is -0.118. The van der Waals surface area contributed by atoms with E-state index in [1.165, 1.54) is 12.2 Å². The number of carbonyl (C=O) groups excluding carboxylic acids is 1. The summed E-state index contributed by atoms with van der Waals surface area (Å²) in [5.41, 5.74) is 1.000. The Morgan fingerprint density at radius 2 is 2.13 bits per heavy atom. The number of allylic oxidation sites excluding steroid dienone is 1. The van der Waals surface area contributed by atoms with Crippen LogP contribution in [0, 0.1) is 5.41 Å². The second-order valence-electron chi connectivity index (χ2n) is 5.26. The number of thioether (sulfide) groups is 1. The molecule has 1 fully saturated rings. The molecule has 0 N–H and O–H groups in total. The number of hydrogen-bond acceptors (Lipinski definition) is 2. The molecule has 0 aromatic carbocycles. The van der Waals surface area contributed by atoms with E-state index in [9.17, 15) is 4.79 Å². The van der Waals surface area contributed by atoms with Crippen LogP contribution >= 0.6 is 23.4 Å². The molecule has 2 aliphatic rings. The summed E-state index contributed by atoms with van der Waals surface area (Å²) in [5, 5.41) is 1.22. The van der Waals surface area contributed by atoms with Crippen molar-refractivity contribution in [2.75, 3.05) is 5.75 Å². The molecule has 0 saturated carbocycles. The van der Waals surface area contributed by atoms with Crippen LogP contribution in [0.25, 0.3) is 0 Å². The number of carbonyl (C=O) groups is 1. The van der Waals surface area contributed by atoms with E-state index in [1.807, 2.05) is 11.8 Å². The molecule has 0 aromatic rings. The van der Waals surface area contributed by atoms with Gasteiger partial charge in [0, 0.05) is 22.3 Å². The van der Waals surface area contributed by atoms with E-state index in [-0.39, 0.29) is 11.2 Å². The second-order valence-corrected chi connectivity index (χ2v) is 7.03. The third-order valence-corrected chi connectivity index (χ3v) is 4.85. The monoisotopic (exact) mass is 244 g/mol. The van der Waals surface area contributed by atoms with Gasteiger partial charge in [-0.1, -0.05) is 25.4 Å². The molecular weight excluding hydrogens is 228 g/mol. The van der Waals surface area contributed by atoms with Crippen molar-refractivity contribution in [2.24, 2.45) is 5.41 Å². The van der Waals surface area contributed by atoms with Crippen molar-refractivity contribution in [1.82, 2.24) is 0 Å². The third kappa shape index (κ3) is 2.42. The molecule has 1 atom stereocenters. The van der Waals surface area contributed by atoms with Crippen molar-refractivity contribution in [3.63, 3.8) is 0 Å². The van der Waals surface area contributed by atoms with Crippen LogP contribution in [0.15, 0.2) is 10.6 Å². The second kappa shape index (κ2) is 4.14. The Bertz CT molecular complexity index is 314. The summed E-state index contributed by atoms with van der Waals surface area (Å²) in [7, 11) is 0. The summed E-state index contributed by atoms with van der Waals surface area (Å²) < 4.78 is 0. The first-order valence-electron chi connectivity index (χ1n) is 5.53. The molecule has 0 bridgehead atoms. The molecule has 1 saturated heterocycles. The predicted octanol–water partition coefficient (Wildman–Crippen LogP) is 3.76. The van der Waals surface area contributed by atoms with Crippen LogP contribution < -0.4 is 0 Å². The smallest absolute Gasteiger partial charge is 0.161 e. The zero-order valence-electron chi connectivity index (χ0n) is 9.31. The summed E-state index contributed by atoms with van der Waals surface area (Å²) in [5.74, 6) is 1.46. The van der Waals surface area contributed by atoms with Crippen molar-refractivity contribution >= 4 is 29.1 Å². The van der Waals surface area contributed by atoms with Gasteiger partial charge >= 0.3 is 0 Å². The van der Waals surface area contributed by atoms with Crippen LogP contribution in [-0.2, 0) is 4.79 Å². The van der Waals surface area contributed by atoms with Gasteiger partial charge in [0.25, 0.3) is 0 Å². The van der Waals surface area contributed by atoms with Gasteiger partial charge < -0.3 is 0 Å². The Morgan fingerprint density at radius 3 is 2.67 bits per heavy atom. The Morgan fingerprint density at radius 1 is 1.40 bits per heavy atom. The molecule has 2 rings (SSSR count). The van der Waals surface area contributed by atoms with Crippen molar-refractivity contribution in [1.29, 1.82) is 0 Å². The molecular formula is C12H17ClOS. The maximum atomic E-state index is 12.1. The first kappa shape index (κ1) is 11.5. The Labute approximate surface area is 101 Å². The third-order valence-electron chi connectivity index (χ3n) is 3.12. The maximum absolute atomic E-state index is 12.1. The summed E-state index contributed by atoms with van der Waals surface area (Å²) in [6.07, 6.45) is 3.88. The van der Waals surface area contributed by atoms with E-state index < -0.39 is 0 Å². The Balaban J connectivity index is 2.25. The first-order valence-corrected chi connectivity index (χ1v) is 6.96. The average molecular weight is 245 g/mol. The zero-order chi connectivity index (χ0) is 11.1. The molecule has 1 unspecified atom stereocenters. The van der Waals surface area contributed by atoms with E-state index in [0.717, 1.165) is 23.4 Å². The number of halogens is 1. The van der Waals surface area contributed by atoms with Gasteiger partial charge in [-0.05, 0) is 30.4 Å². The molecule has 1 heterocycles. The predicted molar refractivity (Wildman–Crippen MR) is 66.4 cm³/mol. The van der Waals surface area contributed by atoms with Crippen LogP contribution in [0.5, 0.6) is 0 Å². The van der Waals surface area contributed by atoms with Crippen LogP contribution in [0.2, 0.25) is 0 Å². The molecule has 0 spiro atoms. The van der Waals surface area contributed by atoms with Gasteiger partial charge in [-0.3, -0.25) is 4.79 Å². The Kier molecular flexibility index (Phi) is 3.18. The van der Waals surface area contributed by atoms with Gasteiger partial charge in [0.05, 0.1) is 0 Å². The number of hydrogen-bond donors (Lipinski definition) is 0. The van der Waals surface area contributed by atoms with Gasteiger partial charge in [0.2, 0.25) is 0 Å². The van der Waals surface area contributed by atoms with E-state index in [1.54, 1.807) is 0 Å². The fourth-order valence-corrected chi connectivity index (χ4v) is 4.47. The van der Waals surface area contributed by atoms with Crippen LogP contribution in [0.1, 0.15) is 39.5 Å². The molecule has 0 amide bonds. The van der Waals surface area contributed by atoms with Crippen molar-refractivity contribution in [3.8, 4) is 0 Å². The first-order chi connectivity index (χ1) is 6.99. The molecule has 84 valence electrons. The lowest BCUT2D eigenvalue weighted by Crippen LogP contribution is -2.28. The van der Waals surface area contributed by atoms with Gasteiger partial charge in [-0.25, -0.2) is 0 Å². The fourth-order valence-electron chi connectivity index (χ4n) is 2.42. The minimum absolute atomic E-state index is 0.0565. The quantitative estimate of drug-likeness (QED) is 0.699. The van der Waals surface area contributed by atoms with Gasteiger partial charge in [-0.2, -0.15) is 11.8 Å². The molecule has 1 aliphatic heterocycles. The summed E-state index contributed by atoms with van der Waals surface area (Å²) in [4.78, 5) is 12.1. The van der Waals surface area contributed by atoms with E-state index in [0.29, 0.717) is 11.7 Å². The highest BCUT2D eigenvalue weighted by Gasteiger charge is 2.36.